The molecule has 0 spiro atoms. The predicted molar refractivity (Wildman–Crippen MR) is 71.0 cm³/mol. The molecule has 4 heteroatoms. The van der Waals surface area contributed by atoms with Gasteiger partial charge in [0.1, 0.15) is 11.9 Å². The zero-order valence-corrected chi connectivity index (χ0v) is 11.2. The summed E-state index contributed by atoms with van der Waals surface area (Å²) in [6.45, 7) is 1.68. The smallest absolute Gasteiger partial charge is 0.125 e. The Hall–Kier alpha value is -0.770. The normalized spacial score (nSPS) is 25.8. The van der Waals surface area contributed by atoms with Crippen LogP contribution in [0.4, 0.5) is 0 Å². The Kier molecular flexibility index (Phi) is 4.49. The second-order valence-electron chi connectivity index (χ2n) is 4.87. The highest BCUT2D eigenvalue weighted by Crippen LogP contribution is 2.31. The van der Waals surface area contributed by atoms with Crippen molar-refractivity contribution in [3.8, 4) is 5.75 Å². The van der Waals surface area contributed by atoms with Gasteiger partial charge < -0.3 is 14.9 Å². The average molecular weight is 271 g/mol. The second kappa shape index (κ2) is 5.91. The van der Waals surface area contributed by atoms with Crippen molar-refractivity contribution >= 4 is 11.6 Å². The Labute approximate surface area is 112 Å². The molecular weight excluding hydrogens is 252 g/mol. The summed E-state index contributed by atoms with van der Waals surface area (Å²) >= 11 is 5.92. The van der Waals surface area contributed by atoms with Gasteiger partial charge in [0.15, 0.2) is 0 Å². The topological polar surface area (TPSA) is 49.7 Å². The fourth-order valence-corrected chi connectivity index (χ4v) is 2.51. The number of halogens is 1. The van der Waals surface area contributed by atoms with E-state index in [2.05, 4.69) is 0 Å². The van der Waals surface area contributed by atoms with E-state index >= 15 is 0 Å². The minimum Gasteiger partial charge on any atom is -0.487 e. The highest BCUT2D eigenvalue weighted by molar-refractivity contribution is 6.30. The van der Waals surface area contributed by atoms with Crippen LogP contribution in [-0.2, 0) is 0 Å². The predicted octanol–water partition coefficient (Wildman–Crippen LogP) is 3.08. The molecule has 0 saturated heterocycles. The molecule has 0 aliphatic heterocycles. The van der Waals surface area contributed by atoms with Crippen LogP contribution in [0.15, 0.2) is 18.2 Å². The number of ether oxygens (including phenoxy) is 1. The van der Waals surface area contributed by atoms with E-state index in [-0.39, 0.29) is 6.10 Å². The van der Waals surface area contributed by atoms with Gasteiger partial charge in [0.2, 0.25) is 0 Å². The monoisotopic (exact) mass is 270 g/mol. The zero-order chi connectivity index (χ0) is 13.1. The first-order valence-electron chi connectivity index (χ1n) is 6.40. The number of aliphatic hydroxyl groups is 2. The van der Waals surface area contributed by atoms with E-state index in [0.717, 1.165) is 25.7 Å². The second-order valence-corrected chi connectivity index (χ2v) is 5.30. The van der Waals surface area contributed by atoms with Crippen LogP contribution in [0.25, 0.3) is 0 Å². The molecule has 3 nitrogen and oxygen atoms in total. The van der Waals surface area contributed by atoms with Crippen molar-refractivity contribution in [3.63, 3.8) is 0 Å². The molecule has 1 aromatic rings. The van der Waals surface area contributed by atoms with Gasteiger partial charge in [-0.2, -0.15) is 0 Å². The summed E-state index contributed by atoms with van der Waals surface area (Å²) < 4.78 is 5.85. The molecule has 2 rings (SSSR count). The maximum absolute atomic E-state index is 9.90. The lowest BCUT2D eigenvalue weighted by Crippen LogP contribution is -2.34. The van der Waals surface area contributed by atoms with Gasteiger partial charge in [-0.05, 0) is 44.4 Å². The Morgan fingerprint density at radius 2 is 2.06 bits per heavy atom. The fraction of sp³-hybridized carbons (Fsp3) is 0.571. The van der Waals surface area contributed by atoms with Crippen molar-refractivity contribution in [1.29, 1.82) is 0 Å². The first kappa shape index (κ1) is 13.7. The van der Waals surface area contributed by atoms with Gasteiger partial charge in [0, 0.05) is 10.6 Å². The van der Waals surface area contributed by atoms with Gasteiger partial charge in [-0.1, -0.05) is 18.0 Å². The average Bonchev–Trinajstić information content (AvgIpc) is 2.34. The summed E-state index contributed by atoms with van der Waals surface area (Å²) in [5, 5.41) is 20.2. The van der Waals surface area contributed by atoms with Crippen molar-refractivity contribution < 1.29 is 14.9 Å². The van der Waals surface area contributed by atoms with E-state index in [0.29, 0.717) is 16.3 Å². The summed E-state index contributed by atoms with van der Waals surface area (Å²) in [6.07, 6.45) is 2.50. The molecule has 0 heterocycles. The van der Waals surface area contributed by atoms with E-state index in [9.17, 15) is 10.2 Å². The lowest BCUT2D eigenvalue weighted by Gasteiger charge is -2.29. The molecule has 1 saturated carbocycles. The molecule has 3 atom stereocenters. The highest BCUT2D eigenvalue weighted by Gasteiger charge is 2.25. The highest BCUT2D eigenvalue weighted by atomic mass is 35.5. The molecule has 3 unspecified atom stereocenters. The van der Waals surface area contributed by atoms with Gasteiger partial charge in [0.25, 0.3) is 0 Å². The largest absolute Gasteiger partial charge is 0.487 e. The Bertz CT molecular complexity index is 406. The van der Waals surface area contributed by atoms with Crippen LogP contribution in [0.5, 0.6) is 5.75 Å². The third kappa shape index (κ3) is 3.16. The molecule has 0 aromatic heterocycles. The molecular formula is C14H19ClO3. The molecule has 18 heavy (non-hydrogen) atoms. The molecule has 2 N–H and O–H groups in total. The third-order valence-electron chi connectivity index (χ3n) is 3.37. The summed E-state index contributed by atoms with van der Waals surface area (Å²) in [5.41, 5.74) is 0.667. The van der Waals surface area contributed by atoms with Crippen molar-refractivity contribution in [3.05, 3.63) is 28.8 Å². The van der Waals surface area contributed by atoms with Gasteiger partial charge in [-0.3, -0.25) is 0 Å². The van der Waals surface area contributed by atoms with Crippen molar-refractivity contribution in [2.75, 3.05) is 0 Å². The van der Waals surface area contributed by atoms with E-state index in [1.807, 2.05) is 0 Å². The Morgan fingerprint density at radius 1 is 1.33 bits per heavy atom. The minimum absolute atomic E-state index is 0.183. The Balaban J connectivity index is 2.17. The molecule has 1 aliphatic carbocycles. The summed E-state index contributed by atoms with van der Waals surface area (Å²) in [6, 6.07) is 5.19. The molecule has 1 aromatic carbocycles. The SMILES string of the molecule is CC(O)c1cc(Cl)ccc1OC1CCCCC1O. The summed E-state index contributed by atoms with van der Waals surface area (Å²) in [5.74, 6) is 0.611. The first-order valence-corrected chi connectivity index (χ1v) is 6.78. The third-order valence-corrected chi connectivity index (χ3v) is 3.60. The number of aliphatic hydroxyl groups excluding tert-OH is 2. The van der Waals surface area contributed by atoms with E-state index in [4.69, 9.17) is 16.3 Å². The van der Waals surface area contributed by atoms with Gasteiger partial charge >= 0.3 is 0 Å². The standard InChI is InChI=1S/C14H19ClO3/c1-9(16)11-8-10(15)6-7-13(11)18-14-5-3-2-4-12(14)17/h6-9,12,14,16-17H,2-5H2,1H3. The van der Waals surface area contributed by atoms with Crippen LogP contribution >= 0.6 is 11.6 Å². The van der Waals surface area contributed by atoms with Crippen molar-refractivity contribution in [2.24, 2.45) is 0 Å². The van der Waals surface area contributed by atoms with Crippen LogP contribution in [0.3, 0.4) is 0 Å². The van der Waals surface area contributed by atoms with E-state index < -0.39 is 12.2 Å². The molecule has 0 radical (unpaired) electrons. The molecule has 100 valence electrons. The first-order chi connectivity index (χ1) is 8.58. The van der Waals surface area contributed by atoms with E-state index in [1.165, 1.54) is 0 Å². The van der Waals surface area contributed by atoms with Crippen molar-refractivity contribution in [2.45, 2.75) is 50.9 Å². The molecule has 1 aliphatic rings. The summed E-state index contributed by atoms with van der Waals surface area (Å²) in [4.78, 5) is 0. The van der Waals surface area contributed by atoms with Crippen LogP contribution in [0.2, 0.25) is 5.02 Å². The van der Waals surface area contributed by atoms with Gasteiger partial charge in [0.05, 0.1) is 12.2 Å². The maximum Gasteiger partial charge on any atom is 0.125 e. The van der Waals surface area contributed by atoms with Gasteiger partial charge in [-0.25, -0.2) is 0 Å². The minimum atomic E-state index is -0.639. The van der Waals surface area contributed by atoms with Gasteiger partial charge in [-0.15, -0.1) is 0 Å². The van der Waals surface area contributed by atoms with Crippen LogP contribution in [0, 0.1) is 0 Å². The van der Waals surface area contributed by atoms with E-state index in [1.54, 1.807) is 25.1 Å². The van der Waals surface area contributed by atoms with Crippen molar-refractivity contribution in [1.82, 2.24) is 0 Å². The van der Waals surface area contributed by atoms with Crippen LogP contribution in [-0.4, -0.2) is 22.4 Å². The number of benzene rings is 1. The van der Waals surface area contributed by atoms with Crippen LogP contribution in [0.1, 0.15) is 44.3 Å². The van der Waals surface area contributed by atoms with Crippen LogP contribution < -0.4 is 4.74 Å². The quantitative estimate of drug-likeness (QED) is 0.887. The zero-order valence-electron chi connectivity index (χ0n) is 10.5. The molecule has 0 amide bonds. The lowest BCUT2D eigenvalue weighted by molar-refractivity contribution is 0.00529. The maximum atomic E-state index is 9.90. The lowest BCUT2D eigenvalue weighted by atomic mass is 9.94. The Morgan fingerprint density at radius 3 is 2.72 bits per heavy atom. The number of hydrogen-bond acceptors (Lipinski definition) is 3. The number of hydrogen-bond donors (Lipinski definition) is 2. The fourth-order valence-electron chi connectivity index (χ4n) is 2.33. The molecule has 1 fully saturated rings. The molecule has 0 bridgehead atoms. The summed E-state index contributed by atoms with van der Waals surface area (Å²) in [7, 11) is 0. The number of rotatable bonds is 3.